The lowest BCUT2D eigenvalue weighted by Gasteiger charge is -2.46. The van der Waals surface area contributed by atoms with Crippen molar-refractivity contribution in [1.82, 2.24) is 0 Å². The lowest BCUT2D eigenvalue weighted by atomic mass is 9.31. The molecule has 22 rings (SSSR count). The Balaban J connectivity index is 0.829. The van der Waals surface area contributed by atoms with Crippen LogP contribution in [-0.2, 0) is 0 Å². The van der Waals surface area contributed by atoms with Gasteiger partial charge in [-0.25, -0.2) is 4.39 Å². The molecule has 9 heteroatoms. The van der Waals surface area contributed by atoms with E-state index >= 15 is 4.39 Å². The van der Waals surface area contributed by atoms with E-state index in [-0.39, 0.29) is 19.2 Å². The minimum absolute atomic E-state index is 0.220. The predicted octanol–water partition coefficient (Wildman–Crippen LogP) is 25.6. The zero-order chi connectivity index (χ0) is 77.4. The molecular weight excluding hydrogens is 1440 g/mol. The summed E-state index contributed by atoms with van der Waals surface area (Å²) in [6.45, 7) is -0.535. The van der Waals surface area contributed by atoms with Gasteiger partial charge in [0.15, 0.2) is 0 Å². The molecular formula is C108H72B2FN5S. The van der Waals surface area contributed by atoms with E-state index in [0.29, 0.717) is 0 Å². The Hall–Kier alpha value is -14.6. The van der Waals surface area contributed by atoms with E-state index < -0.39 is 0 Å². The van der Waals surface area contributed by atoms with Crippen molar-refractivity contribution in [3.63, 3.8) is 0 Å². The molecule has 0 unspecified atom stereocenters. The van der Waals surface area contributed by atoms with Gasteiger partial charge in [0.25, 0.3) is 6.71 Å². The third-order valence-electron chi connectivity index (χ3n) is 23.7. The molecule has 0 spiro atoms. The summed E-state index contributed by atoms with van der Waals surface area (Å²) < 4.78 is 17.7. The van der Waals surface area contributed by atoms with Gasteiger partial charge in [-0.1, -0.05) is 327 Å². The lowest BCUT2D eigenvalue weighted by Crippen LogP contribution is -2.64. The molecule has 548 valence electrons. The molecule has 0 radical (unpaired) electrons. The van der Waals surface area contributed by atoms with Crippen molar-refractivity contribution in [2.75, 3.05) is 24.5 Å². The molecule has 4 aliphatic rings. The van der Waals surface area contributed by atoms with Gasteiger partial charge in [0.1, 0.15) is 5.82 Å². The highest BCUT2D eigenvalue weighted by atomic mass is 32.2. The van der Waals surface area contributed by atoms with E-state index in [2.05, 4.69) is 437 Å². The van der Waals surface area contributed by atoms with E-state index in [4.69, 9.17) is 0 Å². The molecule has 18 aromatic rings. The van der Waals surface area contributed by atoms with Gasteiger partial charge in [-0.15, -0.1) is 0 Å². The van der Waals surface area contributed by atoms with Crippen molar-refractivity contribution in [1.29, 1.82) is 0 Å². The standard InChI is InChI=1S/C108H72B2FN5S/c111-83-65-92(81-37-17-5-18-38-81)108(93(66-83)82-39-19-6-20-40-82)116-100-72-104-97(110-95-46-26-28-48-99(95)115(85-43-23-8-24-44-85)103-69-91(70-105(117-104)107(103)110)113(88-61-53-79(54-62-88)75-33-13-3-14-34-75)89-63-55-80(56-64-89)76-35-15-4-16-36-76)71-96(100)109-94-45-25-27-47-98(94)114(84-41-21-7-22-42-84)101-67-90(68-102(116)106(101)109)112(86-57-49-77(50-58-86)73-29-9-1-10-30-73)87-59-51-78(52-60-87)74-31-11-2-12-32-74/h1-72H. The highest BCUT2D eigenvalue weighted by Crippen LogP contribution is 2.55. The second-order valence-corrected chi connectivity index (χ2v) is 31.5. The smallest absolute Gasteiger partial charge is 0.252 e. The highest BCUT2D eigenvalue weighted by molar-refractivity contribution is 8.00. The first-order chi connectivity index (χ1) is 58.0. The van der Waals surface area contributed by atoms with Crippen molar-refractivity contribution in [3.05, 3.63) is 443 Å². The van der Waals surface area contributed by atoms with E-state index in [1.807, 2.05) is 23.9 Å². The summed E-state index contributed by atoms with van der Waals surface area (Å²) in [6, 6.07) is 158. The first-order valence-electron chi connectivity index (χ1n) is 40.0. The number of hydrogen-bond acceptors (Lipinski definition) is 6. The van der Waals surface area contributed by atoms with Crippen LogP contribution >= 0.6 is 11.8 Å². The first kappa shape index (κ1) is 69.1. The van der Waals surface area contributed by atoms with E-state index in [1.165, 1.54) is 21.9 Å². The molecule has 0 saturated carbocycles. The second kappa shape index (κ2) is 29.1. The van der Waals surface area contributed by atoms with Crippen molar-refractivity contribution in [2.24, 2.45) is 0 Å². The molecule has 0 fully saturated rings. The quantitative estimate of drug-likeness (QED) is 0.0944. The average Bonchev–Trinajstić information content (AvgIpc) is 0.683. The Morgan fingerprint density at radius 1 is 0.214 bits per heavy atom. The molecule has 18 aromatic carbocycles. The average molecular weight is 1510 g/mol. The number of rotatable bonds is 15. The number of anilines is 15. The summed E-state index contributed by atoms with van der Waals surface area (Å²) in [5.41, 5.74) is 34.9. The SMILES string of the molecule is Fc1cc(-c2ccccc2)c(N2c3cc4c(cc3B3c5ccccc5N(c5ccccc5)c5cc(N(c6ccc(-c7ccccc7)cc6)c6ccc(-c7ccccc7)cc6)cc2c53)B2c3ccccc3N(c3ccccc3)c3cc(N(c5ccc(-c6ccccc6)cc5)c5ccc(-c6ccccc6)cc5)cc(c32)S4)c(-c2ccccc2)c1. The largest absolute Gasteiger partial charge is 0.311 e. The van der Waals surface area contributed by atoms with Gasteiger partial charge in [-0.3, -0.25) is 0 Å². The van der Waals surface area contributed by atoms with Crippen LogP contribution in [0.2, 0.25) is 0 Å². The van der Waals surface area contributed by atoms with E-state index in [9.17, 15) is 0 Å². The van der Waals surface area contributed by atoms with Crippen molar-refractivity contribution in [2.45, 2.75) is 9.79 Å². The van der Waals surface area contributed by atoms with Crippen LogP contribution in [-0.4, -0.2) is 13.4 Å². The summed E-state index contributed by atoms with van der Waals surface area (Å²) in [4.78, 5) is 14.7. The first-order valence-corrected chi connectivity index (χ1v) is 40.8. The summed E-state index contributed by atoms with van der Waals surface area (Å²) in [5, 5.41) is 0. The topological polar surface area (TPSA) is 16.2 Å². The maximum absolute atomic E-state index is 17.7. The molecule has 0 aromatic heterocycles. The van der Waals surface area contributed by atoms with Crippen LogP contribution in [0.1, 0.15) is 0 Å². The fourth-order valence-corrected chi connectivity index (χ4v) is 19.7. The van der Waals surface area contributed by atoms with E-state index in [0.717, 1.165) is 173 Å². The Labute approximate surface area is 686 Å². The number of halogens is 1. The Morgan fingerprint density at radius 3 is 0.906 bits per heavy atom. The lowest BCUT2D eigenvalue weighted by molar-refractivity contribution is 0.629. The van der Waals surface area contributed by atoms with Gasteiger partial charge >= 0.3 is 0 Å². The van der Waals surface area contributed by atoms with Crippen LogP contribution < -0.4 is 57.3 Å². The van der Waals surface area contributed by atoms with Crippen LogP contribution in [0.15, 0.2) is 447 Å². The molecule has 0 N–H and O–H groups in total. The molecule has 0 bridgehead atoms. The summed E-state index contributed by atoms with van der Waals surface area (Å²) in [5.74, 6) is -0.325. The van der Waals surface area contributed by atoms with Gasteiger partial charge in [0.2, 0.25) is 6.71 Å². The third-order valence-corrected chi connectivity index (χ3v) is 24.8. The van der Waals surface area contributed by atoms with Gasteiger partial charge in [-0.2, -0.15) is 0 Å². The van der Waals surface area contributed by atoms with E-state index in [1.54, 1.807) is 12.1 Å². The molecule has 0 amide bonds. The van der Waals surface area contributed by atoms with Gasteiger partial charge in [0.05, 0.1) is 11.4 Å². The zero-order valence-electron chi connectivity index (χ0n) is 63.7. The zero-order valence-corrected chi connectivity index (χ0v) is 64.6. The molecule has 0 aliphatic carbocycles. The number of hydrogen-bond donors (Lipinski definition) is 0. The van der Waals surface area contributed by atoms with Crippen molar-refractivity contribution in [3.8, 4) is 66.8 Å². The Kier molecular flexibility index (Phi) is 17.2. The van der Waals surface area contributed by atoms with Gasteiger partial charge in [0, 0.05) is 94.9 Å². The molecule has 0 atom stereocenters. The monoisotopic (exact) mass is 1510 g/mol. The molecule has 4 aliphatic heterocycles. The van der Waals surface area contributed by atoms with Gasteiger partial charge < -0.3 is 24.5 Å². The normalized spacial score (nSPS) is 12.5. The van der Waals surface area contributed by atoms with Gasteiger partial charge in [-0.05, 0) is 210 Å². The highest BCUT2D eigenvalue weighted by Gasteiger charge is 2.48. The fraction of sp³-hybridized carbons (Fsp3) is 0. The summed E-state index contributed by atoms with van der Waals surface area (Å²) in [6.07, 6.45) is 0. The molecule has 4 heterocycles. The molecule has 5 nitrogen and oxygen atoms in total. The molecule has 0 saturated heterocycles. The number of fused-ring (bicyclic) bond motifs is 8. The third kappa shape index (κ3) is 12.1. The predicted molar refractivity (Wildman–Crippen MR) is 492 cm³/mol. The Bertz CT molecular complexity index is 6550. The minimum Gasteiger partial charge on any atom is -0.311 e. The second-order valence-electron chi connectivity index (χ2n) is 30.4. The van der Waals surface area contributed by atoms with Crippen molar-refractivity contribution < 1.29 is 4.39 Å². The number of benzene rings is 18. The van der Waals surface area contributed by atoms with Crippen LogP contribution in [0, 0.1) is 5.82 Å². The minimum atomic E-state index is -0.325. The number of para-hydroxylation sites is 4. The molecule has 117 heavy (non-hydrogen) atoms. The maximum atomic E-state index is 17.7. The van der Waals surface area contributed by atoms with Crippen LogP contribution in [0.25, 0.3) is 66.8 Å². The van der Waals surface area contributed by atoms with Crippen LogP contribution in [0.3, 0.4) is 0 Å². The fourth-order valence-electron chi connectivity index (χ4n) is 18.5. The van der Waals surface area contributed by atoms with Crippen molar-refractivity contribution >= 4 is 143 Å². The van der Waals surface area contributed by atoms with Crippen LogP contribution in [0.5, 0.6) is 0 Å². The van der Waals surface area contributed by atoms with Crippen LogP contribution in [0.4, 0.5) is 89.7 Å². The Morgan fingerprint density at radius 2 is 0.521 bits per heavy atom. The summed E-state index contributed by atoms with van der Waals surface area (Å²) in [7, 11) is 0. The maximum Gasteiger partial charge on any atom is 0.252 e. The summed E-state index contributed by atoms with van der Waals surface area (Å²) >= 11 is 1.85. The number of nitrogens with zero attached hydrogens (tertiary/aromatic N) is 5.